The van der Waals surface area contributed by atoms with Crippen molar-refractivity contribution in [3.63, 3.8) is 0 Å². The first-order chi connectivity index (χ1) is 9.21. The number of benzene rings is 1. The molecular weight excluding hydrogens is 299 g/mol. The summed E-state index contributed by atoms with van der Waals surface area (Å²) in [4.78, 5) is -1.36. The van der Waals surface area contributed by atoms with E-state index in [0.717, 1.165) is 0 Å². The quantitative estimate of drug-likeness (QED) is 0.714. The molecular formula is C11H14F3NO4S. The van der Waals surface area contributed by atoms with E-state index < -0.39 is 51.1 Å². The molecule has 0 amide bonds. The van der Waals surface area contributed by atoms with Crippen LogP contribution in [0.15, 0.2) is 17.0 Å². The minimum atomic E-state index is -4.72. The summed E-state index contributed by atoms with van der Waals surface area (Å²) in [6.07, 6.45) is -0.0241. The standard InChI is InChI=1S/C11H14F3NO4S/c1-2-11(5-16,6-17)15-20(18,19)10-8(13)3-7(12)4-9(10)14/h3-4,15-17H,2,5-6H2,1H3. The molecule has 0 spiro atoms. The Hall–Kier alpha value is -1.16. The van der Waals surface area contributed by atoms with Gasteiger partial charge in [0.2, 0.25) is 10.0 Å². The summed E-state index contributed by atoms with van der Waals surface area (Å²) in [6, 6.07) is 0.451. The SMILES string of the molecule is CCC(CO)(CO)NS(=O)(=O)c1c(F)cc(F)cc1F. The lowest BCUT2D eigenvalue weighted by Crippen LogP contribution is -2.53. The predicted octanol–water partition coefficient (Wildman–Crippen LogP) is 0.516. The second-order valence-corrected chi connectivity index (χ2v) is 5.87. The van der Waals surface area contributed by atoms with Crippen LogP contribution in [0, 0.1) is 17.5 Å². The molecule has 0 unspecified atom stereocenters. The second-order valence-electron chi connectivity index (χ2n) is 4.25. The Labute approximate surface area is 114 Å². The number of sulfonamides is 1. The highest BCUT2D eigenvalue weighted by atomic mass is 32.2. The van der Waals surface area contributed by atoms with Gasteiger partial charge in [0.15, 0.2) is 4.90 Å². The van der Waals surface area contributed by atoms with Crippen molar-refractivity contribution in [1.82, 2.24) is 4.72 Å². The van der Waals surface area contributed by atoms with Gasteiger partial charge in [-0.2, -0.15) is 0 Å². The van der Waals surface area contributed by atoms with Crippen molar-refractivity contribution in [3.05, 3.63) is 29.6 Å². The number of aliphatic hydroxyl groups excluding tert-OH is 2. The smallest absolute Gasteiger partial charge is 0.247 e. The molecule has 0 radical (unpaired) electrons. The van der Waals surface area contributed by atoms with E-state index >= 15 is 0 Å². The lowest BCUT2D eigenvalue weighted by Gasteiger charge is -2.29. The van der Waals surface area contributed by atoms with Crippen molar-refractivity contribution >= 4 is 10.0 Å². The van der Waals surface area contributed by atoms with E-state index in [9.17, 15) is 21.6 Å². The van der Waals surface area contributed by atoms with Gasteiger partial charge < -0.3 is 10.2 Å². The highest BCUT2D eigenvalue weighted by Gasteiger charge is 2.35. The van der Waals surface area contributed by atoms with Crippen molar-refractivity contribution in [2.24, 2.45) is 0 Å². The summed E-state index contributed by atoms with van der Waals surface area (Å²) in [6.45, 7) is -0.0837. The fraction of sp³-hybridized carbons (Fsp3) is 0.455. The first-order valence-electron chi connectivity index (χ1n) is 5.61. The van der Waals surface area contributed by atoms with E-state index in [0.29, 0.717) is 0 Å². The maximum atomic E-state index is 13.5. The van der Waals surface area contributed by atoms with Crippen LogP contribution in [0.5, 0.6) is 0 Å². The number of hydrogen-bond acceptors (Lipinski definition) is 4. The topological polar surface area (TPSA) is 86.6 Å². The van der Waals surface area contributed by atoms with Crippen LogP contribution >= 0.6 is 0 Å². The summed E-state index contributed by atoms with van der Waals surface area (Å²) < 4.78 is 65.4. The Morgan fingerprint density at radius 3 is 1.95 bits per heavy atom. The number of hydrogen-bond donors (Lipinski definition) is 3. The molecule has 0 atom stereocenters. The van der Waals surface area contributed by atoms with Gasteiger partial charge in [0.25, 0.3) is 0 Å². The van der Waals surface area contributed by atoms with Crippen molar-refractivity contribution < 1.29 is 31.8 Å². The molecule has 20 heavy (non-hydrogen) atoms. The van der Waals surface area contributed by atoms with Gasteiger partial charge >= 0.3 is 0 Å². The van der Waals surface area contributed by atoms with Crippen LogP contribution in [-0.2, 0) is 10.0 Å². The molecule has 9 heteroatoms. The lowest BCUT2D eigenvalue weighted by molar-refractivity contribution is 0.105. The maximum Gasteiger partial charge on any atom is 0.247 e. The number of nitrogens with one attached hydrogen (secondary N) is 1. The van der Waals surface area contributed by atoms with Gasteiger partial charge in [-0.1, -0.05) is 6.92 Å². The van der Waals surface area contributed by atoms with Crippen molar-refractivity contribution in [1.29, 1.82) is 0 Å². The Morgan fingerprint density at radius 1 is 1.15 bits per heavy atom. The maximum absolute atomic E-state index is 13.5. The van der Waals surface area contributed by atoms with E-state index in [1.165, 1.54) is 6.92 Å². The fourth-order valence-corrected chi connectivity index (χ4v) is 3.11. The molecule has 0 fully saturated rings. The van der Waals surface area contributed by atoms with Crippen LogP contribution < -0.4 is 4.72 Å². The van der Waals surface area contributed by atoms with Crippen LogP contribution in [0.25, 0.3) is 0 Å². The molecule has 1 rings (SSSR count). The average molecular weight is 313 g/mol. The van der Waals surface area contributed by atoms with Gasteiger partial charge in [0, 0.05) is 12.1 Å². The molecule has 0 aliphatic carbocycles. The van der Waals surface area contributed by atoms with Crippen molar-refractivity contribution in [3.8, 4) is 0 Å². The highest BCUT2D eigenvalue weighted by Crippen LogP contribution is 2.22. The van der Waals surface area contributed by atoms with Crippen LogP contribution in [0.2, 0.25) is 0 Å². The molecule has 0 bridgehead atoms. The van der Waals surface area contributed by atoms with Gasteiger partial charge in [-0.25, -0.2) is 26.3 Å². The van der Waals surface area contributed by atoms with Gasteiger partial charge in [-0.3, -0.25) is 0 Å². The first kappa shape index (κ1) is 16.9. The van der Waals surface area contributed by atoms with Gasteiger partial charge in [-0.05, 0) is 6.42 Å². The van der Waals surface area contributed by atoms with Gasteiger partial charge in [0.1, 0.15) is 17.5 Å². The third kappa shape index (κ3) is 3.29. The van der Waals surface area contributed by atoms with Crippen LogP contribution in [-0.4, -0.2) is 37.4 Å². The number of aliphatic hydroxyl groups is 2. The van der Waals surface area contributed by atoms with Gasteiger partial charge in [0.05, 0.1) is 18.8 Å². The molecule has 0 aliphatic heterocycles. The largest absolute Gasteiger partial charge is 0.394 e. The molecule has 0 aromatic heterocycles. The van der Waals surface area contributed by atoms with E-state index in [1.807, 2.05) is 4.72 Å². The zero-order valence-corrected chi connectivity index (χ0v) is 11.3. The predicted molar refractivity (Wildman–Crippen MR) is 63.8 cm³/mol. The lowest BCUT2D eigenvalue weighted by atomic mass is 10.0. The Bertz CT molecular complexity index is 556. The Morgan fingerprint density at radius 2 is 1.60 bits per heavy atom. The monoisotopic (exact) mass is 313 g/mol. The number of halogens is 3. The fourth-order valence-electron chi connectivity index (χ4n) is 1.53. The minimum Gasteiger partial charge on any atom is -0.394 e. The molecule has 114 valence electrons. The molecule has 0 heterocycles. The Balaban J connectivity index is 3.32. The van der Waals surface area contributed by atoms with Crippen LogP contribution in [0.4, 0.5) is 13.2 Å². The van der Waals surface area contributed by atoms with E-state index in [-0.39, 0.29) is 18.6 Å². The second kappa shape index (κ2) is 6.08. The minimum absolute atomic E-state index is 0.0241. The van der Waals surface area contributed by atoms with E-state index in [2.05, 4.69) is 0 Å². The molecule has 1 aromatic rings. The van der Waals surface area contributed by atoms with E-state index in [4.69, 9.17) is 10.2 Å². The van der Waals surface area contributed by atoms with Crippen LogP contribution in [0.1, 0.15) is 13.3 Å². The average Bonchev–Trinajstić information content (AvgIpc) is 2.34. The number of rotatable bonds is 6. The summed E-state index contributed by atoms with van der Waals surface area (Å²) >= 11 is 0. The normalized spacial score (nSPS) is 12.7. The molecule has 1 aromatic carbocycles. The third-order valence-electron chi connectivity index (χ3n) is 2.86. The third-order valence-corrected chi connectivity index (χ3v) is 4.49. The molecule has 3 N–H and O–H groups in total. The van der Waals surface area contributed by atoms with Crippen molar-refractivity contribution in [2.75, 3.05) is 13.2 Å². The summed E-state index contributed by atoms with van der Waals surface area (Å²) in [7, 11) is -4.72. The molecule has 0 saturated heterocycles. The van der Waals surface area contributed by atoms with Crippen LogP contribution in [0.3, 0.4) is 0 Å². The first-order valence-corrected chi connectivity index (χ1v) is 7.10. The van der Waals surface area contributed by atoms with Gasteiger partial charge in [-0.15, -0.1) is 0 Å². The summed E-state index contributed by atoms with van der Waals surface area (Å²) in [5, 5.41) is 18.3. The molecule has 0 aliphatic rings. The Kier molecular flexibility index (Phi) is 5.14. The van der Waals surface area contributed by atoms with Crippen molar-refractivity contribution in [2.45, 2.75) is 23.8 Å². The zero-order valence-electron chi connectivity index (χ0n) is 10.5. The van der Waals surface area contributed by atoms with E-state index in [1.54, 1.807) is 0 Å². The summed E-state index contributed by atoms with van der Waals surface area (Å²) in [5.74, 6) is -4.46. The molecule has 0 saturated carbocycles. The summed E-state index contributed by atoms with van der Waals surface area (Å²) in [5.41, 5.74) is -1.66. The molecule has 5 nitrogen and oxygen atoms in total. The zero-order chi connectivity index (χ0) is 15.6. The highest BCUT2D eigenvalue weighted by molar-refractivity contribution is 7.89.